The Labute approximate surface area is 101 Å². The number of ether oxygens (including phenoxy) is 2. The Morgan fingerprint density at radius 1 is 1.29 bits per heavy atom. The average molecular weight is 238 g/mol. The topological polar surface area (TPSA) is 36.9 Å². The summed E-state index contributed by atoms with van der Waals surface area (Å²) >= 11 is 0. The van der Waals surface area contributed by atoms with E-state index in [1.54, 1.807) is 0 Å². The quantitative estimate of drug-likeness (QED) is 0.754. The van der Waals surface area contributed by atoms with Gasteiger partial charge in [0.1, 0.15) is 12.7 Å². The summed E-state index contributed by atoms with van der Waals surface area (Å²) in [6.07, 6.45) is -0.0811. The molecule has 2 rings (SSSR count). The summed E-state index contributed by atoms with van der Waals surface area (Å²) in [6.45, 7) is 5.12. The molecule has 1 aromatic rings. The van der Waals surface area contributed by atoms with Crippen LogP contribution in [-0.4, -0.2) is 25.1 Å². The molecule has 0 N–H and O–H groups in total. The van der Waals surface area contributed by atoms with Crippen LogP contribution in [0.3, 0.4) is 0 Å². The first-order valence-corrected chi connectivity index (χ1v) is 5.76. The monoisotopic (exact) mass is 238 g/mol. The molecule has 0 amide bonds. The van der Waals surface area contributed by atoms with Crippen LogP contribution in [0.15, 0.2) is 30.3 Å². The highest BCUT2D eigenvalue weighted by atomic mass is 17.2. The number of hydrogen-bond acceptors (Lipinski definition) is 4. The highest BCUT2D eigenvalue weighted by Gasteiger charge is 2.31. The molecule has 1 aromatic carbocycles. The molecule has 0 spiro atoms. The van der Waals surface area contributed by atoms with Gasteiger partial charge in [-0.2, -0.15) is 0 Å². The molecule has 1 fully saturated rings. The predicted octanol–water partition coefficient (Wildman–Crippen LogP) is 2.29. The lowest BCUT2D eigenvalue weighted by Crippen LogP contribution is -2.43. The Hall–Kier alpha value is -0.940. The zero-order valence-corrected chi connectivity index (χ0v) is 10.2. The lowest BCUT2D eigenvalue weighted by Gasteiger charge is -2.34. The van der Waals surface area contributed by atoms with Crippen molar-refractivity contribution in [1.29, 1.82) is 0 Å². The molecule has 4 heteroatoms. The van der Waals surface area contributed by atoms with E-state index in [2.05, 4.69) is 0 Å². The number of rotatable bonds is 4. The summed E-state index contributed by atoms with van der Waals surface area (Å²) < 4.78 is 11.2. The van der Waals surface area contributed by atoms with Crippen molar-refractivity contribution < 1.29 is 19.2 Å². The van der Waals surface area contributed by atoms with Crippen LogP contribution in [0.4, 0.5) is 0 Å². The molecular formula is C13H18O4. The van der Waals surface area contributed by atoms with Gasteiger partial charge in [0.2, 0.25) is 0 Å². The molecule has 0 aromatic heterocycles. The van der Waals surface area contributed by atoms with Crippen molar-refractivity contribution in [2.75, 3.05) is 13.2 Å². The second kappa shape index (κ2) is 5.60. The fourth-order valence-electron chi connectivity index (χ4n) is 1.67. The SMILES string of the molecule is CC1(C)OOCC(COCc2ccccc2)O1. The third-order valence-electron chi connectivity index (χ3n) is 2.38. The molecule has 1 unspecified atom stereocenters. The lowest BCUT2D eigenvalue weighted by atomic mass is 10.2. The van der Waals surface area contributed by atoms with Crippen molar-refractivity contribution in [3.63, 3.8) is 0 Å². The smallest absolute Gasteiger partial charge is 0.196 e. The van der Waals surface area contributed by atoms with Crippen molar-refractivity contribution in [2.45, 2.75) is 32.3 Å². The first kappa shape index (κ1) is 12.5. The molecule has 1 atom stereocenters. The Bertz CT molecular complexity index is 337. The summed E-state index contributed by atoms with van der Waals surface area (Å²) in [7, 11) is 0. The van der Waals surface area contributed by atoms with Gasteiger partial charge in [-0.25, -0.2) is 9.78 Å². The molecule has 0 aliphatic carbocycles. The molecule has 0 radical (unpaired) electrons. The van der Waals surface area contributed by atoms with E-state index in [9.17, 15) is 0 Å². The highest BCUT2D eigenvalue weighted by Crippen LogP contribution is 2.20. The van der Waals surface area contributed by atoms with Gasteiger partial charge in [0.05, 0.1) is 13.2 Å². The van der Waals surface area contributed by atoms with Gasteiger partial charge in [0.25, 0.3) is 0 Å². The van der Waals surface area contributed by atoms with E-state index < -0.39 is 5.79 Å². The van der Waals surface area contributed by atoms with Gasteiger partial charge in [-0.15, -0.1) is 0 Å². The first-order chi connectivity index (χ1) is 8.16. The average Bonchev–Trinajstić information content (AvgIpc) is 2.29. The second-order valence-corrected chi connectivity index (χ2v) is 4.51. The van der Waals surface area contributed by atoms with Crippen LogP contribution >= 0.6 is 0 Å². The highest BCUT2D eigenvalue weighted by molar-refractivity contribution is 5.13. The van der Waals surface area contributed by atoms with E-state index in [1.807, 2.05) is 44.2 Å². The maximum atomic E-state index is 5.64. The van der Waals surface area contributed by atoms with Crippen LogP contribution in [0.1, 0.15) is 19.4 Å². The Morgan fingerprint density at radius 2 is 2.06 bits per heavy atom. The molecule has 0 bridgehead atoms. The Morgan fingerprint density at radius 3 is 2.76 bits per heavy atom. The minimum atomic E-state index is -0.695. The third kappa shape index (κ3) is 4.09. The summed E-state index contributed by atoms with van der Waals surface area (Å²) in [5, 5.41) is 0. The number of hydrogen-bond donors (Lipinski definition) is 0. The molecule has 1 aliphatic rings. The fourth-order valence-corrected chi connectivity index (χ4v) is 1.67. The van der Waals surface area contributed by atoms with Gasteiger partial charge in [0.15, 0.2) is 5.79 Å². The number of benzene rings is 1. The molecular weight excluding hydrogens is 220 g/mol. The van der Waals surface area contributed by atoms with Crippen molar-refractivity contribution in [1.82, 2.24) is 0 Å². The summed E-state index contributed by atoms with van der Waals surface area (Å²) in [5.41, 5.74) is 1.15. The lowest BCUT2D eigenvalue weighted by molar-refractivity contribution is -0.471. The summed E-state index contributed by atoms with van der Waals surface area (Å²) in [6, 6.07) is 10.0. The minimum Gasteiger partial charge on any atom is -0.374 e. The second-order valence-electron chi connectivity index (χ2n) is 4.51. The van der Waals surface area contributed by atoms with Crippen molar-refractivity contribution >= 4 is 0 Å². The van der Waals surface area contributed by atoms with Gasteiger partial charge in [-0.1, -0.05) is 30.3 Å². The first-order valence-electron chi connectivity index (χ1n) is 5.76. The van der Waals surface area contributed by atoms with E-state index in [0.29, 0.717) is 19.8 Å². The minimum absolute atomic E-state index is 0.0811. The molecule has 17 heavy (non-hydrogen) atoms. The van der Waals surface area contributed by atoms with E-state index >= 15 is 0 Å². The van der Waals surface area contributed by atoms with Gasteiger partial charge in [-0.3, -0.25) is 0 Å². The Balaban J connectivity index is 1.72. The fraction of sp³-hybridized carbons (Fsp3) is 0.538. The van der Waals surface area contributed by atoms with Crippen LogP contribution in [0, 0.1) is 0 Å². The summed E-state index contributed by atoms with van der Waals surface area (Å²) in [5.74, 6) is -0.695. The van der Waals surface area contributed by atoms with Crippen LogP contribution < -0.4 is 0 Å². The van der Waals surface area contributed by atoms with Crippen molar-refractivity contribution in [2.24, 2.45) is 0 Å². The molecule has 1 saturated heterocycles. The molecule has 1 heterocycles. The largest absolute Gasteiger partial charge is 0.374 e. The van der Waals surface area contributed by atoms with Gasteiger partial charge in [0, 0.05) is 0 Å². The van der Waals surface area contributed by atoms with E-state index in [4.69, 9.17) is 19.2 Å². The van der Waals surface area contributed by atoms with Gasteiger partial charge in [-0.05, 0) is 19.4 Å². The standard InChI is InChI=1S/C13H18O4/c1-13(2)16-12(10-15-17-13)9-14-8-11-6-4-3-5-7-11/h3-7,12H,8-10H2,1-2H3. The normalized spacial score (nSPS) is 23.5. The summed E-state index contributed by atoms with van der Waals surface area (Å²) in [4.78, 5) is 9.98. The zero-order chi connectivity index (χ0) is 12.1. The van der Waals surface area contributed by atoms with Crippen LogP contribution in [-0.2, 0) is 25.9 Å². The molecule has 94 valence electrons. The third-order valence-corrected chi connectivity index (χ3v) is 2.38. The maximum Gasteiger partial charge on any atom is 0.196 e. The molecule has 4 nitrogen and oxygen atoms in total. The van der Waals surface area contributed by atoms with E-state index in [-0.39, 0.29) is 6.10 Å². The molecule has 0 saturated carbocycles. The van der Waals surface area contributed by atoms with Crippen molar-refractivity contribution in [3.8, 4) is 0 Å². The predicted molar refractivity (Wildman–Crippen MR) is 62.1 cm³/mol. The maximum absolute atomic E-state index is 5.64. The van der Waals surface area contributed by atoms with E-state index in [0.717, 1.165) is 5.56 Å². The van der Waals surface area contributed by atoms with Gasteiger partial charge < -0.3 is 9.47 Å². The van der Waals surface area contributed by atoms with Gasteiger partial charge >= 0.3 is 0 Å². The van der Waals surface area contributed by atoms with E-state index in [1.165, 1.54) is 0 Å². The van der Waals surface area contributed by atoms with Crippen LogP contribution in [0.5, 0.6) is 0 Å². The Kier molecular flexibility index (Phi) is 4.12. The van der Waals surface area contributed by atoms with Crippen LogP contribution in [0.2, 0.25) is 0 Å². The molecule has 1 aliphatic heterocycles. The van der Waals surface area contributed by atoms with Crippen LogP contribution in [0.25, 0.3) is 0 Å². The van der Waals surface area contributed by atoms with Crippen molar-refractivity contribution in [3.05, 3.63) is 35.9 Å². The zero-order valence-electron chi connectivity index (χ0n) is 10.2.